The highest BCUT2D eigenvalue weighted by Gasteiger charge is 2.46. The van der Waals surface area contributed by atoms with E-state index >= 15 is 0 Å². The Morgan fingerprint density at radius 2 is 1.91 bits per heavy atom. The normalized spacial score (nSPS) is 17.1. The third-order valence-corrected chi connectivity index (χ3v) is 5.70. The van der Waals surface area contributed by atoms with Crippen molar-refractivity contribution in [2.75, 3.05) is 7.11 Å². The molecule has 3 aromatic rings. The minimum absolute atomic E-state index is 0.0679. The van der Waals surface area contributed by atoms with E-state index in [0.29, 0.717) is 22.4 Å². The maximum absolute atomic E-state index is 13.1. The number of hydrogen-bond donors (Lipinski definition) is 1. The number of hydrogen-bond acceptors (Lipinski definition) is 7. The van der Waals surface area contributed by atoms with Crippen LogP contribution in [0, 0.1) is 17.0 Å². The predicted molar refractivity (Wildman–Crippen MR) is 123 cm³/mol. The van der Waals surface area contributed by atoms with Crippen molar-refractivity contribution in [1.29, 1.82) is 0 Å². The van der Waals surface area contributed by atoms with Gasteiger partial charge in [-0.3, -0.25) is 24.7 Å². The molecular weight excluding hydrogens is 438 g/mol. The molecule has 0 saturated carbocycles. The van der Waals surface area contributed by atoms with Crippen LogP contribution in [0.3, 0.4) is 0 Å². The van der Waals surface area contributed by atoms with E-state index in [-0.39, 0.29) is 23.6 Å². The van der Waals surface area contributed by atoms with Gasteiger partial charge >= 0.3 is 0 Å². The Morgan fingerprint density at radius 1 is 1.18 bits per heavy atom. The van der Waals surface area contributed by atoms with Gasteiger partial charge < -0.3 is 14.7 Å². The first-order valence-electron chi connectivity index (χ1n) is 10.4. The number of likely N-dealkylation sites (tertiary alicyclic amines) is 1. The second-order valence-electron chi connectivity index (χ2n) is 7.82. The maximum Gasteiger partial charge on any atom is 0.295 e. The molecule has 1 aromatic heterocycles. The highest BCUT2D eigenvalue weighted by Crippen LogP contribution is 2.41. The number of ketones is 1. The molecule has 0 bridgehead atoms. The molecule has 9 heteroatoms. The Hall–Kier alpha value is -4.53. The first-order chi connectivity index (χ1) is 16.3. The van der Waals surface area contributed by atoms with E-state index in [1.165, 1.54) is 36.3 Å². The third-order valence-electron chi connectivity index (χ3n) is 5.70. The van der Waals surface area contributed by atoms with E-state index in [9.17, 15) is 24.8 Å². The van der Waals surface area contributed by atoms with Crippen LogP contribution in [0.4, 0.5) is 5.69 Å². The second kappa shape index (κ2) is 9.14. The Labute approximate surface area is 195 Å². The summed E-state index contributed by atoms with van der Waals surface area (Å²) in [6.07, 6.45) is 3.18. The van der Waals surface area contributed by atoms with Crippen LogP contribution in [-0.4, -0.2) is 38.7 Å². The highest BCUT2D eigenvalue weighted by molar-refractivity contribution is 6.46. The summed E-state index contributed by atoms with van der Waals surface area (Å²) in [6.45, 7) is 1.86. The Bertz CT molecular complexity index is 1300. The summed E-state index contributed by atoms with van der Waals surface area (Å²) >= 11 is 0. The number of aliphatic hydroxyl groups is 1. The number of aliphatic hydroxyl groups excluding tert-OH is 1. The average Bonchev–Trinajstić information content (AvgIpc) is 3.09. The Morgan fingerprint density at radius 3 is 2.50 bits per heavy atom. The number of rotatable bonds is 6. The monoisotopic (exact) mass is 459 g/mol. The molecule has 2 aromatic carbocycles. The fraction of sp³-hybridized carbons (Fsp3) is 0.160. The molecule has 0 spiro atoms. The van der Waals surface area contributed by atoms with Crippen LogP contribution in [0.2, 0.25) is 0 Å². The minimum atomic E-state index is -0.941. The molecule has 1 saturated heterocycles. The number of aryl methyl sites for hydroxylation is 1. The fourth-order valence-electron chi connectivity index (χ4n) is 4.04. The SMILES string of the molecule is COc1ccc(/C(O)=C2\C(=O)C(=O)N(Cc3cccnc3)[C@H]2c2ccc([N+](=O)[O-])cc2)cc1C. The van der Waals surface area contributed by atoms with Crippen LogP contribution in [-0.2, 0) is 16.1 Å². The number of aromatic nitrogens is 1. The van der Waals surface area contributed by atoms with Gasteiger partial charge in [0, 0.05) is 36.6 Å². The molecule has 0 aliphatic carbocycles. The smallest absolute Gasteiger partial charge is 0.295 e. The number of nitrogens with zero attached hydrogens (tertiary/aromatic N) is 3. The number of carbonyl (C=O) groups is 2. The van der Waals surface area contributed by atoms with Crippen LogP contribution in [0.15, 0.2) is 72.6 Å². The lowest BCUT2D eigenvalue weighted by Gasteiger charge is -2.25. The number of nitro benzene ring substituents is 1. The predicted octanol–water partition coefficient (Wildman–Crippen LogP) is 3.93. The van der Waals surface area contributed by atoms with Gasteiger partial charge in [0.25, 0.3) is 17.4 Å². The average molecular weight is 459 g/mol. The van der Waals surface area contributed by atoms with Gasteiger partial charge in [0.05, 0.1) is 23.6 Å². The zero-order valence-corrected chi connectivity index (χ0v) is 18.5. The van der Waals surface area contributed by atoms with Gasteiger partial charge in [0.1, 0.15) is 11.5 Å². The van der Waals surface area contributed by atoms with Gasteiger partial charge in [-0.15, -0.1) is 0 Å². The van der Waals surface area contributed by atoms with Crippen molar-refractivity contribution in [1.82, 2.24) is 9.88 Å². The van der Waals surface area contributed by atoms with Crippen LogP contribution in [0.5, 0.6) is 5.75 Å². The quantitative estimate of drug-likeness (QED) is 0.195. The molecule has 0 radical (unpaired) electrons. The molecule has 1 amide bonds. The van der Waals surface area contributed by atoms with Crippen LogP contribution >= 0.6 is 0 Å². The van der Waals surface area contributed by atoms with Crippen molar-refractivity contribution in [2.24, 2.45) is 0 Å². The van der Waals surface area contributed by atoms with Gasteiger partial charge in [0.2, 0.25) is 0 Å². The minimum Gasteiger partial charge on any atom is -0.507 e. The van der Waals surface area contributed by atoms with E-state index in [1.807, 2.05) is 0 Å². The van der Waals surface area contributed by atoms with Crippen LogP contribution in [0.25, 0.3) is 5.76 Å². The van der Waals surface area contributed by atoms with E-state index in [2.05, 4.69) is 4.98 Å². The van der Waals surface area contributed by atoms with E-state index in [1.54, 1.807) is 49.6 Å². The molecule has 34 heavy (non-hydrogen) atoms. The summed E-state index contributed by atoms with van der Waals surface area (Å²) < 4.78 is 5.26. The number of carbonyl (C=O) groups excluding carboxylic acids is 2. The first-order valence-corrected chi connectivity index (χ1v) is 10.4. The molecule has 2 heterocycles. The zero-order chi connectivity index (χ0) is 24.4. The summed E-state index contributed by atoms with van der Waals surface area (Å²) in [4.78, 5) is 42.2. The summed E-state index contributed by atoms with van der Waals surface area (Å²) in [5.74, 6) is -1.33. The molecule has 1 atom stereocenters. The zero-order valence-electron chi connectivity index (χ0n) is 18.5. The Kier molecular flexibility index (Phi) is 6.09. The van der Waals surface area contributed by atoms with Crippen LogP contribution in [0.1, 0.15) is 28.3 Å². The van der Waals surface area contributed by atoms with Gasteiger partial charge in [-0.05, 0) is 60.0 Å². The molecule has 172 valence electrons. The molecule has 1 N–H and O–H groups in total. The van der Waals surface area contributed by atoms with Gasteiger partial charge in [-0.25, -0.2) is 0 Å². The number of amides is 1. The molecule has 4 rings (SSSR count). The third kappa shape index (κ3) is 4.11. The lowest BCUT2D eigenvalue weighted by atomic mass is 9.94. The van der Waals surface area contributed by atoms with Gasteiger partial charge in [0.15, 0.2) is 0 Å². The number of pyridine rings is 1. The number of benzene rings is 2. The molecule has 1 aliphatic heterocycles. The number of methoxy groups -OCH3 is 1. The largest absolute Gasteiger partial charge is 0.507 e. The Balaban J connectivity index is 1.86. The molecule has 0 unspecified atom stereocenters. The van der Waals surface area contributed by atoms with Crippen molar-refractivity contribution >= 4 is 23.1 Å². The number of nitro groups is 1. The van der Waals surface area contributed by atoms with E-state index < -0.39 is 22.7 Å². The first kappa shape index (κ1) is 22.7. The van der Waals surface area contributed by atoms with Crippen LogP contribution < -0.4 is 4.74 Å². The van der Waals surface area contributed by atoms with Crippen molar-refractivity contribution in [3.63, 3.8) is 0 Å². The molecule has 1 fully saturated rings. The molecular formula is C25H21N3O6. The summed E-state index contributed by atoms with van der Waals surface area (Å²) in [7, 11) is 1.53. The van der Waals surface area contributed by atoms with Crippen molar-refractivity contribution in [3.05, 3.63) is 105 Å². The van der Waals surface area contributed by atoms with Gasteiger partial charge in [-0.1, -0.05) is 6.07 Å². The maximum atomic E-state index is 13.1. The summed E-state index contributed by atoms with van der Waals surface area (Å²) in [5, 5.41) is 22.3. The van der Waals surface area contributed by atoms with Gasteiger partial charge in [-0.2, -0.15) is 0 Å². The number of Topliss-reactive ketones (excluding diaryl/α,β-unsaturated/α-hetero) is 1. The highest BCUT2D eigenvalue weighted by atomic mass is 16.6. The number of ether oxygens (including phenoxy) is 1. The molecule has 1 aliphatic rings. The topological polar surface area (TPSA) is 123 Å². The summed E-state index contributed by atoms with van der Waals surface area (Å²) in [5.41, 5.74) is 2.02. The lowest BCUT2D eigenvalue weighted by Crippen LogP contribution is -2.29. The van der Waals surface area contributed by atoms with Crippen molar-refractivity contribution in [2.45, 2.75) is 19.5 Å². The van der Waals surface area contributed by atoms with E-state index in [4.69, 9.17) is 4.74 Å². The summed E-state index contributed by atoms with van der Waals surface area (Å²) in [6, 6.07) is 13.0. The van der Waals surface area contributed by atoms with Crippen molar-refractivity contribution in [3.8, 4) is 5.75 Å². The van der Waals surface area contributed by atoms with Crippen molar-refractivity contribution < 1.29 is 24.4 Å². The van der Waals surface area contributed by atoms with E-state index in [0.717, 1.165) is 5.56 Å². The second-order valence-corrected chi connectivity index (χ2v) is 7.82. The standard InChI is InChI=1S/C25H21N3O6/c1-15-12-18(7-10-20(15)34-2)23(29)21-22(17-5-8-19(9-6-17)28(32)33)27(25(31)24(21)30)14-16-4-3-11-26-13-16/h3-13,22,29H,14H2,1-2H3/b23-21+/t22-/m0/s1. The number of non-ortho nitro benzene ring substituents is 1. The lowest BCUT2D eigenvalue weighted by molar-refractivity contribution is -0.384. The molecule has 9 nitrogen and oxygen atoms in total. The fourth-order valence-corrected chi connectivity index (χ4v) is 4.04.